The number of hydrogen-bond acceptors (Lipinski definition) is 5. The van der Waals surface area contributed by atoms with E-state index >= 15 is 0 Å². The number of nitrogens with one attached hydrogen (secondary N) is 1. The molecule has 35 heavy (non-hydrogen) atoms. The first-order valence-electron chi connectivity index (χ1n) is 11.5. The molecule has 3 amide bonds. The van der Waals surface area contributed by atoms with Crippen LogP contribution in [0, 0.1) is 6.92 Å². The number of β-amino-alcohol motifs (C(OH)–C–C–N with tert-alkyl or cyclic N) is 1. The number of rotatable bonds is 9. The van der Waals surface area contributed by atoms with E-state index in [0.29, 0.717) is 11.3 Å². The minimum atomic E-state index is -1.25. The summed E-state index contributed by atoms with van der Waals surface area (Å²) < 4.78 is 11.4. The van der Waals surface area contributed by atoms with Gasteiger partial charge in [-0.25, -0.2) is 4.79 Å². The van der Waals surface area contributed by atoms with Crippen molar-refractivity contribution in [3.63, 3.8) is 0 Å². The molecule has 1 aliphatic rings. The Morgan fingerprint density at radius 2 is 1.66 bits per heavy atom. The predicted octanol–water partition coefficient (Wildman–Crippen LogP) is 3.94. The van der Waals surface area contributed by atoms with Gasteiger partial charge >= 0.3 is 6.03 Å². The van der Waals surface area contributed by atoms with Crippen LogP contribution in [0.5, 0.6) is 5.75 Å². The fourth-order valence-corrected chi connectivity index (χ4v) is 4.22. The van der Waals surface area contributed by atoms with Crippen LogP contribution in [0.1, 0.15) is 35.3 Å². The number of hydrogen-bond donors (Lipinski definition) is 2. The zero-order valence-corrected chi connectivity index (χ0v) is 20.1. The van der Waals surface area contributed by atoms with Crippen molar-refractivity contribution in [2.45, 2.75) is 31.6 Å². The summed E-state index contributed by atoms with van der Waals surface area (Å²) in [4.78, 5) is 27.0. The van der Waals surface area contributed by atoms with Crippen molar-refractivity contribution in [1.82, 2.24) is 10.2 Å². The lowest BCUT2D eigenvalue weighted by Gasteiger charge is -2.24. The number of carbonyl (C=O) groups excluding carboxylic acids is 2. The van der Waals surface area contributed by atoms with Gasteiger partial charge in [0.25, 0.3) is 5.91 Å². The zero-order chi connectivity index (χ0) is 25.0. The van der Waals surface area contributed by atoms with Crippen LogP contribution < -0.4 is 10.1 Å². The molecule has 3 aromatic rings. The number of urea groups is 1. The number of ether oxygens (including phenoxy) is 2. The van der Waals surface area contributed by atoms with Crippen molar-refractivity contribution >= 4 is 11.9 Å². The van der Waals surface area contributed by atoms with Gasteiger partial charge in [-0.3, -0.25) is 9.69 Å². The number of aliphatic hydroxyl groups excluding tert-OH is 1. The molecule has 3 aromatic carbocycles. The lowest BCUT2D eigenvalue weighted by atomic mass is 9.92. The van der Waals surface area contributed by atoms with Crippen LogP contribution in [0.2, 0.25) is 0 Å². The number of aliphatic hydroxyl groups is 1. The Morgan fingerprint density at radius 3 is 2.34 bits per heavy atom. The van der Waals surface area contributed by atoms with E-state index in [4.69, 9.17) is 9.47 Å². The first-order chi connectivity index (χ1) is 16.8. The van der Waals surface area contributed by atoms with E-state index in [1.54, 1.807) is 38.3 Å². The fourth-order valence-electron chi connectivity index (χ4n) is 4.22. The molecule has 0 aliphatic carbocycles. The first kappa shape index (κ1) is 24.4. The van der Waals surface area contributed by atoms with Gasteiger partial charge in [0.05, 0.1) is 26.4 Å². The summed E-state index contributed by atoms with van der Waals surface area (Å²) in [5, 5.41) is 13.5. The Morgan fingerprint density at radius 1 is 0.971 bits per heavy atom. The number of imide groups is 1. The molecule has 1 aliphatic heterocycles. The van der Waals surface area contributed by atoms with Crippen LogP contribution >= 0.6 is 0 Å². The normalized spacial score (nSPS) is 19.4. The van der Waals surface area contributed by atoms with Crippen LogP contribution in [-0.2, 0) is 15.1 Å². The highest BCUT2D eigenvalue weighted by Gasteiger charge is 2.49. The largest absolute Gasteiger partial charge is 0.497 e. The van der Waals surface area contributed by atoms with E-state index < -0.39 is 29.7 Å². The maximum absolute atomic E-state index is 13.2. The van der Waals surface area contributed by atoms with Crippen molar-refractivity contribution in [1.29, 1.82) is 0 Å². The quantitative estimate of drug-likeness (QED) is 0.459. The molecule has 2 N–H and O–H groups in total. The van der Waals surface area contributed by atoms with Crippen molar-refractivity contribution in [2.75, 3.05) is 20.3 Å². The molecule has 0 unspecified atom stereocenters. The number of amides is 3. The molecule has 1 heterocycles. The first-order valence-corrected chi connectivity index (χ1v) is 11.5. The maximum Gasteiger partial charge on any atom is 0.325 e. The van der Waals surface area contributed by atoms with Crippen LogP contribution in [-0.4, -0.2) is 48.3 Å². The third-order valence-electron chi connectivity index (χ3n) is 6.25. The zero-order valence-electron chi connectivity index (χ0n) is 20.1. The summed E-state index contributed by atoms with van der Waals surface area (Å²) in [7, 11) is 1.54. The SMILES string of the molecule is COc1cccc([C@]2(C)NC(=O)N(C[C@H](O)CO[C@@H](c3ccccc3)c3ccc(C)cc3)C2=O)c1. The van der Waals surface area contributed by atoms with Crippen LogP contribution in [0.25, 0.3) is 0 Å². The Bertz CT molecular complexity index is 1180. The molecule has 0 aromatic heterocycles. The summed E-state index contributed by atoms with van der Waals surface area (Å²) >= 11 is 0. The number of carbonyl (C=O) groups is 2. The minimum absolute atomic E-state index is 0.0552. The van der Waals surface area contributed by atoms with Gasteiger partial charge in [0.2, 0.25) is 0 Å². The Hall–Kier alpha value is -3.68. The molecule has 0 spiro atoms. The summed E-state index contributed by atoms with van der Waals surface area (Å²) in [6.07, 6.45) is -1.45. The van der Waals surface area contributed by atoms with E-state index in [1.165, 1.54) is 0 Å². The molecule has 7 heteroatoms. The second-order valence-electron chi connectivity index (χ2n) is 8.89. The van der Waals surface area contributed by atoms with Gasteiger partial charge in [0, 0.05) is 0 Å². The van der Waals surface area contributed by atoms with E-state index in [0.717, 1.165) is 21.6 Å². The molecular formula is C28H30N2O5. The van der Waals surface area contributed by atoms with Gasteiger partial charge in [-0.2, -0.15) is 0 Å². The van der Waals surface area contributed by atoms with Gasteiger partial charge in [-0.15, -0.1) is 0 Å². The molecule has 7 nitrogen and oxygen atoms in total. The van der Waals surface area contributed by atoms with Crippen LogP contribution in [0.3, 0.4) is 0 Å². The van der Waals surface area contributed by atoms with Gasteiger partial charge in [-0.05, 0) is 42.7 Å². The molecular weight excluding hydrogens is 444 g/mol. The van der Waals surface area contributed by atoms with Gasteiger partial charge in [0.1, 0.15) is 17.4 Å². The highest BCUT2D eigenvalue weighted by atomic mass is 16.5. The van der Waals surface area contributed by atoms with E-state index in [9.17, 15) is 14.7 Å². The van der Waals surface area contributed by atoms with Crippen molar-refractivity contribution < 1.29 is 24.2 Å². The predicted molar refractivity (Wildman–Crippen MR) is 132 cm³/mol. The van der Waals surface area contributed by atoms with Crippen molar-refractivity contribution in [3.05, 3.63) is 101 Å². The summed E-state index contributed by atoms with van der Waals surface area (Å²) in [6, 6.07) is 24.2. The molecule has 182 valence electrons. The molecule has 3 atom stereocenters. The topological polar surface area (TPSA) is 88.1 Å². The average molecular weight is 475 g/mol. The van der Waals surface area contributed by atoms with Gasteiger partial charge in [-0.1, -0.05) is 72.3 Å². The van der Waals surface area contributed by atoms with E-state index in [1.807, 2.05) is 61.5 Å². The maximum atomic E-state index is 13.2. The van der Waals surface area contributed by atoms with Crippen LogP contribution in [0.15, 0.2) is 78.9 Å². The van der Waals surface area contributed by atoms with Gasteiger partial charge in [0.15, 0.2) is 0 Å². The average Bonchev–Trinajstić information content (AvgIpc) is 3.09. The monoisotopic (exact) mass is 474 g/mol. The highest BCUT2D eigenvalue weighted by Crippen LogP contribution is 2.31. The molecule has 1 fully saturated rings. The summed E-state index contributed by atoms with van der Waals surface area (Å²) in [6.45, 7) is 3.43. The third-order valence-corrected chi connectivity index (χ3v) is 6.25. The lowest BCUT2D eigenvalue weighted by Crippen LogP contribution is -2.42. The summed E-state index contributed by atoms with van der Waals surface area (Å²) in [5.74, 6) is 0.147. The second kappa shape index (κ2) is 10.3. The number of benzene rings is 3. The molecule has 0 radical (unpaired) electrons. The highest BCUT2D eigenvalue weighted by molar-refractivity contribution is 6.07. The van der Waals surface area contributed by atoms with Crippen molar-refractivity contribution in [2.24, 2.45) is 0 Å². The number of nitrogens with zero attached hydrogens (tertiary/aromatic N) is 1. The number of methoxy groups -OCH3 is 1. The Labute approximate surface area is 205 Å². The molecule has 4 rings (SSSR count). The Balaban J connectivity index is 1.46. The molecule has 0 bridgehead atoms. The van der Waals surface area contributed by atoms with Crippen LogP contribution in [0.4, 0.5) is 4.79 Å². The number of aryl methyl sites for hydroxylation is 1. The summed E-state index contributed by atoms with van der Waals surface area (Å²) in [5.41, 5.74) is 2.39. The van der Waals surface area contributed by atoms with E-state index in [-0.39, 0.29) is 13.2 Å². The van der Waals surface area contributed by atoms with Crippen molar-refractivity contribution in [3.8, 4) is 5.75 Å². The standard InChI is InChI=1S/C28H30N2O5/c1-19-12-14-21(15-13-19)25(20-8-5-4-6-9-20)35-18-23(31)17-30-26(32)28(2,29-27(30)33)22-10-7-11-24(16-22)34-3/h4-16,23,25,31H,17-18H2,1-3H3,(H,29,33)/t23-,25-,28-/m0/s1. The Kier molecular flexibility index (Phi) is 7.19. The molecule has 1 saturated heterocycles. The van der Waals surface area contributed by atoms with Gasteiger partial charge < -0.3 is 19.9 Å². The third kappa shape index (κ3) is 5.21. The minimum Gasteiger partial charge on any atom is -0.497 e. The fraction of sp³-hybridized carbons (Fsp3) is 0.286. The lowest BCUT2D eigenvalue weighted by molar-refractivity contribution is -0.132. The second-order valence-corrected chi connectivity index (χ2v) is 8.89. The van der Waals surface area contributed by atoms with E-state index in [2.05, 4.69) is 5.32 Å². The smallest absolute Gasteiger partial charge is 0.325 e. The molecule has 0 saturated carbocycles.